The number of nitrogens with zero attached hydrogens (tertiary/aromatic N) is 1. The lowest BCUT2D eigenvalue weighted by atomic mass is 10.0. The zero-order valence-electron chi connectivity index (χ0n) is 14.0. The monoisotopic (exact) mass is 328 g/mol. The van der Waals surface area contributed by atoms with Gasteiger partial charge in [0.05, 0.1) is 7.11 Å². The van der Waals surface area contributed by atoms with Crippen LogP contribution < -0.4 is 10.1 Å². The molecule has 1 aromatic carbocycles. The first-order valence-electron chi connectivity index (χ1n) is 8.58. The average Bonchev–Trinajstić information content (AvgIpc) is 3.27. The van der Waals surface area contributed by atoms with Crippen molar-refractivity contribution in [1.29, 1.82) is 0 Å². The second-order valence-corrected chi connectivity index (χ2v) is 6.43. The van der Waals surface area contributed by atoms with Crippen molar-refractivity contribution in [2.24, 2.45) is 5.92 Å². The molecular weight excluding hydrogens is 304 g/mol. The van der Waals surface area contributed by atoms with E-state index in [1.54, 1.807) is 36.3 Å². The van der Waals surface area contributed by atoms with Gasteiger partial charge in [0.15, 0.2) is 0 Å². The molecule has 2 aliphatic rings. The van der Waals surface area contributed by atoms with Crippen molar-refractivity contribution in [2.75, 3.05) is 19.0 Å². The number of allylic oxidation sites excluding steroid dienone is 2. The summed E-state index contributed by atoms with van der Waals surface area (Å²) in [7, 11) is 1.61. The number of amides is 2. The predicted molar refractivity (Wildman–Crippen MR) is 92.8 cm³/mol. The fraction of sp³-hybridized carbons (Fsp3) is 0.474. The van der Waals surface area contributed by atoms with Crippen molar-refractivity contribution in [1.82, 2.24) is 4.90 Å². The van der Waals surface area contributed by atoms with E-state index in [-0.39, 0.29) is 17.9 Å². The van der Waals surface area contributed by atoms with E-state index in [1.807, 2.05) is 0 Å². The number of hydrogen-bond acceptors (Lipinski definition) is 3. The zero-order valence-corrected chi connectivity index (χ0v) is 14.0. The third-order valence-corrected chi connectivity index (χ3v) is 4.78. The first kappa shape index (κ1) is 16.6. The first-order chi connectivity index (χ1) is 11.7. The number of likely N-dealkylation sites (tertiary alicyclic amines) is 1. The number of rotatable bonds is 5. The molecule has 0 spiro atoms. The van der Waals surface area contributed by atoms with Gasteiger partial charge in [0.1, 0.15) is 11.8 Å². The molecule has 1 heterocycles. The number of carbonyl (C=O) groups excluding carboxylic acids is 2. The summed E-state index contributed by atoms with van der Waals surface area (Å²) in [6.45, 7) is 0.677. The maximum atomic E-state index is 12.6. The van der Waals surface area contributed by atoms with Gasteiger partial charge in [0.25, 0.3) is 0 Å². The van der Waals surface area contributed by atoms with Gasteiger partial charge < -0.3 is 15.0 Å². The molecule has 5 nitrogen and oxygen atoms in total. The molecule has 0 radical (unpaired) electrons. The highest BCUT2D eigenvalue weighted by Crippen LogP contribution is 2.25. The summed E-state index contributed by atoms with van der Waals surface area (Å²) in [6, 6.07) is 6.87. The fourth-order valence-corrected chi connectivity index (χ4v) is 3.44. The van der Waals surface area contributed by atoms with E-state index in [1.165, 1.54) is 0 Å². The van der Waals surface area contributed by atoms with E-state index in [0.717, 1.165) is 37.1 Å². The Kier molecular flexibility index (Phi) is 5.18. The Morgan fingerprint density at radius 2 is 2.04 bits per heavy atom. The Bertz CT molecular complexity index is 624. The summed E-state index contributed by atoms with van der Waals surface area (Å²) in [5.74, 6) is 1.07. The molecule has 0 bridgehead atoms. The Morgan fingerprint density at radius 3 is 2.71 bits per heavy atom. The topological polar surface area (TPSA) is 58.6 Å². The van der Waals surface area contributed by atoms with E-state index in [4.69, 9.17) is 4.74 Å². The smallest absolute Gasteiger partial charge is 0.247 e. The molecular formula is C19H24N2O3. The van der Waals surface area contributed by atoms with E-state index in [9.17, 15) is 9.59 Å². The third kappa shape index (κ3) is 3.78. The molecule has 2 amide bonds. The number of benzene rings is 1. The number of carbonyl (C=O) groups is 2. The van der Waals surface area contributed by atoms with Gasteiger partial charge in [-0.05, 0) is 55.9 Å². The van der Waals surface area contributed by atoms with Crippen LogP contribution in [0.1, 0.15) is 32.1 Å². The number of hydrogen-bond donors (Lipinski definition) is 1. The summed E-state index contributed by atoms with van der Waals surface area (Å²) < 4.78 is 5.11. The SMILES string of the molecule is COc1ccc(NC(=O)[C@@H]2CCCN2C(=O)C[C@@H]2C=CCC2)cc1. The maximum Gasteiger partial charge on any atom is 0.247 e. The summed E-state index contributed by atoms with van der Waals surface area (Å²) in [5.41, 5.74) is 0.721. The highest BCUT2D eigenvalue weighted by molar-refractivity contribution is 5.97. The molecule has 5 heteroatoms. The Balaban J connectivity index is 1.59. The Morgan fingerprint density at radius 1 is 1.25 bits per heavy atom. The van der Waals surface area contributed by atoms with Crippen molar-refractivity contribution < 1.29 is 14.3 Å². The normalized spacial score (nSPS) is 22.6. The first-order valence-corrected chi connectivity index (χ1v) is 8.58. The molecule has 1 aliphatic carbocycles. The number of ether oxygens (including phenoxy) is 1. The van der Waals surface area contributed by atoms with Crippen LogP contribution in [-0.2, 0) is 9.59 Å². The summed E-state index contributed by atoms with van der Waals surface area (Å²) in [5, 5.41) is 2.91. The molecule has 0 unspecified atom stereocenters. The van der Waals surface area contributed by atoms with Crippen LogP contribution in [0.4, 0.5) is 5.69 Å². The minimum atomic E-state index is -0.356. The van der Waals surface area contributed by atoms with Crippen molar-refractivity contribution in [3.63, 3.8) is 0 Å². The predicted octanol–water partition coefficient (Wildman–Crippen LogP) is 2.98. The van der Waals surface area contributed by atoms with Crippen LogP contribution in [0.3, 0.4) is 0 Å². The van der Waals surface area contributed by atoms with Crippen LogP contribution >= 0.6 is 0 Å². The van der Waals surface area contributed by atoms with Gasteiger partial charge in [-0.3, -0.25) is 9.59 Å². The molecule has 128 valence electrons. The van der Waals surface area contributed by atoms with Crippen molar-refractivity contribution >= 4 is 17.5 Å². The molecule has 0 saturated carbocycles. The second-order valence-electron chi connectivity index (χ2n) is 6.43. The lowest BCUT2D eigenvalue weighted by molar-refractivity contribution is -0.137. The maximum absolute atomic E-state index is 12.6. The van der Waals surface area contributed by atoms with Crippen LogP contribution in [-0.4, -0.2) is 36.4 Å². The summed E-state index contributed by atoms with van der Waals surface area (Å²) in [4.78, 5) is 26.9. The Labute approximate surface area is 142 Å². The van der Waals surface area contributed by atoms with E-state index < -0.39 is 0 Å². The minimum Gasteiger partial charge on any atom is -0.497 e. The number of anilines is 1. The van der Waals surface area contributed by atoms with Gasteiger partial charge in [-0.15, -0.1) is 0 Å². The zero-order chi connectivity index (χ0) is 16.9. The molecule has 0 aromatic heterocycles. The fourth-order valence-electron chi connectivity index (χ4n) is 3.44. The van der Waals surface area contributed by atoms with Gasteiger partial charge in [-0.2, -0.15) is 0 Å². The number of nitrogens with one attached hydrogen (secondary N) is 1. The van der Waals surface area contributed by atoms with E-state index >= 15 is 0 Å². The van der Waals surface area contributed by atoms with Gasteiger partial charge >= 0.3 is 0 Å². The second kappa shape index (κ2) is 7.51. The largest absolute Gasteiger partial charge is 0.497 e. The van der Waals surface area contributed by atoms with E-state index in [0.29, 0.717) is 18.9 Å². The lowest BCUT2D eigenvalue weighted by Crippen LogP contribution is -2.43. The van der Waals surface area contributed by atoms with Crippen LogP contribution in [0.5, 0.6) is 5.75 Å². The van der Waals surface area contributed by atoms with E-state index in [2.05, 4.69) is 17.5 Å². The third-order valence-electron chi connectivity index (χ3n) is 4.78. The molecule has 1 fully saturated rings. The molecule has 3 rings (SSSR count). The average molecular weight is 328 g/mol. The molecule has 1 saturated heterocycles. The van der Waals surface area contributed by atoms with Crippen molar-refractivity contribution in [3.05, 3.63) is 36.4 Å². The molecule has 1 aromatic rings. The summed E-state index contributed by atoms with van der Waals surface area (Å²) >= 11 is 0. The van der Waals surface area contributed by atoms with Gasteiger partial charge in [-0.25, -0.2) is 0 Å². The van der Waals surface area contributed by atoms with Crippen LogP contribution in [0.15, 0.2) is 36.4 Å². The quantitative estimate of drug-likeness (QED) is 0.845. The highest BCUT2D eigenvalue weighted by atomic mass is 16.5. The van der Waals surface area contributed by atoms with Crippen molar-refractivity contribution in [2.45, 2.75) is 38.1 Å². The molecule has 1 N–H and O–H groups in total. The molecule has 2 atom stereocenters. The van der Waals surface area contributed by atoms with Crippen LogP contribution in [0, 0.1) is 5.92 Å². The van der Waals surface area contributed by atoms with Crippen molar-refractivity contribution in [3.8, 4) is 5.75 Å². The summed E-state index contributed by atoms with van der Waals surface area (Å²) in [6.07, 6.45) is 8.49. The number of methoxy groups -OCH3 is 1. The lowest BCUT2D eigenvalue weighted by Gasteiger charge is -2.25. The minimum absolute atomic E-state index is 0.0962. The van der Waals surface area contributed by atoms with Crippen LogP contribution in [0.25, 0.3) is 0 Å². The van der Waals surface area contributed by atoms with Gasteiger partial charge in [0.2, 0.25) is 11.8 Å². The van der Waals surface area contributed by atoms with Gasteiger partial charge in [0, 0.05) is 18.7 Å². The molecule has 1 aliphatic heterocycles. The Hall–Kier alpha value is -2.30. The standard InChI is InChI=1S/C19H24N2O3/c1-24-16-10-8-15(9-11-16)20-19(23)17-7-4-12-21(17)18(22)13-14-5-2-3-6-14/h2,5,8-11,14,17H,3-4,6-7,12-13H2,1H3,(H,20,23)/t14-,17+/m1/s1. The highest BCUT2D eigenvalue weighted by Gasteiger charge is 2.34. The van der Waals surface area contributed by atoms with Crippen LogP contribution in [0.2, 0.25) is 0 Å². The van der Waals surface area contributed by atoms with Gasteiger partial charge in [-0.1, -0.05) is 12.2 Å². The molecule has 24 heavy (non-hydrogen) atoms.